The molecule has 0 aromatic heterocycles. The van der Waals surface area contributed by atoms with Gasteiger partial charge in [0.25, 0.3) is 0 Å². The Labute approximate surface area is 115 Å². The van der Waals surface area contributed by atoms with Gasteiger partial charge in [-0.05, 0) is 31.8 Å². The van der Waals surface area contributed by atoms with Gasteiger partial charge in [0.2, 0.25) is 0 Å². The Bertz CT molecular complexity index is 325. The van der Waals surface area contributed by atoms with E-state index in [2.05, 4.69) is 11.8 Å². The first-order chi connectivity index (χ1) is 9.06. The van der Waals surface area contributed by atoms with Crippen molar-refractivity contribution in [2.75, 3.05) is 0 Å². The van der Waals surface area contributed by atoms with Gasteiger partial charge < -0.3 is 15.3 Å². The van der Waals surface area contributed by atoms with Gasteiger partial charge in [-0.2, -0.15) is 0 Å². The predicted molar refractivity (Wildman–Crippen MR) is 74.6 cm³/mol. The van der Waals surface area contributed by atoms with E-state index in [1.165, 1.54) is 0 Å². The molecule has 0 aliphatic heterocycles. The summed E-state index contributed by atoms with van der Waals surface area (Å²) in [5.74, 6) is 4.40. The zero-order valence-electron chi connectivity index (χ0n) is 11.5. The maximum atomic E-state index is 10.3. The number of carbonyl (C=O) groups is 1. The average Bonchev–Trinajstić information content (AvgIpc) is 2.37. The summed E-state index contributed by atoms with van der Waals surface area (Å²) in [6, 6.07) is 0. The number of hydrogen-bond donors (Lipinski definition) is 3. The first-order valence-electron chi connectivity index (χ1n) is 6.82. The fourth-order valence-electron chi connectivity index (χ4n) is 1.46. The molecule has 108 valence electrons. The molecular weight excluding hydrogens is 244 g/mol. The van der Waals surface area contributed by atoms with Crippen LogP contribution in [0, 0.1) is 11.8 Å². The largest absolute Gasteiger partial charge is 0.481 e. The second kappa shape index (κ2) is 11.8. The second-order valence-corrected chi connectivity index (χ2v) is 4.46. The molecule has 0 fully saturated rings. The van der Waals surface area contributed by atoms with Crippen LogP contribution < -0.4 is 0 Å². The van der Waals surface area contributed by atoms with Gasteiger partial charge >= 0.3 is 5.97 Å². The molecule has 0 saturated carbocycles. The first kappa shape index (κ1) is 17.7. The highest BCUT2D eigenvalue weighted by molar-refractivity contribution is 5.66. The van der Waals surface area contributed by atoms with Gasteiger partial charge in [0.15, 0.2) is 0 Å². The predicted octanol–water partition coefficient (Wildman–Crippen LogP) is 2.10. The van der Waals surface area contributed by atoms with Crippen LogP contribution in [0.25, 0.3) is 0 Å². The van der Waals surface area contributed by atoms with E-state index < -0.39 is 18.2 Å². The summed E-state index contributed by atoms with van der Waals surface area (Å²) in [7, 11) is 0. The molecule has 0 unspecified atom stereocenters. The van der Waals surface area contributed by atoms with Crippen LogP contribution in [0.2, 0.25) is 0 Å². The molecule has 0 heterocycles. The van der Waals surface area contributed by atoms with Crippen molar-refractivity contribution in [3.63, 3.8) is 0 Å². The van der Waals surface area contributed by atoms with E-state index in [-0.39, 0.29) is 6.42 Å². The van der Waals surface area contributed by atoms with E-state index in [0.717, 1.165) is 25.7 Å². The van der Waals surface area contributed by atoms with Gasteiger partial charge in [-0.15, -0.1) is 0 Å². The van der Waals surface area contributed by atoms with Crippen LogP contribution in [0.5, 0.6) is 0 Å². The lowest BCUT2D eigenvalue weighted by atomic mass is 10.1. The Morgan fingerprint density at radius 1 is 1.21 bits per heavy atom. The third-order valence-electron chi connectivity index (χ3n) is 2.56. The summed E-state index contributed by atoms with van der Waals surface area (Å²) in [5.41, 5.74) is 0. The minimum absolute atomic E-state index is 0.180. The van der Waals surface area contributed by atoms with Crippen LogP contribution in [0.1, 0.15) is 51.9 Å². The van der Waals surface area contributed by atoms with E-state index in [4.69, 9.17) is 5.11 Å². The maximum absolute atomic E-state index is 10.3. The van der Waals surface area contributed by atoms with Gasteiger partial charge in [-0.1, -0.05) is 37.7 Å². The van der Waals surface area contributed by atoms with Gasteiger partial charge in [-0.3, -0.25) is 4.79 Å². The molecule has 0 radical (unpaired) electrons. The number of carboxylic acids is 1. The summed E-state index contributed by atoms with van der Waals surface area (Å²) >= 11 is 0. The number of aliphatic hydroxyl groups excluding tert-OH is 2. The monoisotopic (exact) mass is 268 g/mol. The lowest BCUT2D eigenvalue weighted by Gasteiger charge is -2.01. The molecule has 0 rings (SSSR count). The van der Waals surface area contributed by atoms with E-state index in [1.807, 2.05) is 6.92 Å². The Morgan fingerprint density at radius 2 is 1.95 bits per heavy atom. The highest BCUT2D eigenvalue weighted by atomic mass is 16.4. The zero-order valence-corrected chi connectivity index (χ0v) is 11.5. The molecule has 0 aliphatic carbocycles. The minimum Gasteiger partial charge on any atom is -0.481 e. The lowest BCUT2D eigenvalue weighted by Crippen LogP contribution is -2.05. The van der Waals surface area contributed by atoms with Crippen molar-refractivity contribution in [1.29, 1.82) is 0 Å². The fraction of sp³-hybridized carbons (Fsp3) is 0.667. The maximum Gasteiger partial charge on any atom is 0.303 e. The van der Waals surface area contributed by atoms with Crippen LogP contribution in [-0.4, -0.2) is 33.5 Å². The molecule has 2 atom stereocenters. The van der Waals surface area contributed by atoms with Crippen molar-refractivity contribution >= 4 is 5.97 Å². The second-order valence-electron chi connectivity index (χ2n) is 4.46. The smallest absolute Gasteiger partial charge is 0.303 e. The van der Waals surface area contributed by atoms with Crippen molar-refractivity contribution in [1.82, 2.24) is 0 Å². The summed E-state index contributed by atoms with van der Waals surface area (Å²) < 4.78 is 0. The molecular formula is C15H24O4. The number of allylic oxidation sites excluding steroid dienone is 1. The third-order valence-corrected chi connectivity index (χ3v) is 2.56. The number of hydrogen-bond acceptors (Lipinski definition) is 3. The Morgan fingerprint density at radius 3 is 2.58 bits per heavy atom. The summed E-state index contributed by atoms with van der Waals surface area (Å²) in [4.78, 5) is 10.3. The van der Waals surface area contributed by atoms with Crippen molar-refractivity contribution < 1.29 is 20.1 Å². The van der Waals surface area contributed by atoms with E-state index in [1.54, 1.807) is 12.2 Å². The average molecular weight is 268 g/mol. The van der Waals surface area contributed by atoms with Gasteiger partial charge in [0, 0.05) is 6.42 Å². The SMILES string of the molecule is CCCC[C@@H](O)C#C[C@@H](O)/C=C\CCCCC(=O)O. The van der Waals surface area contributed by atoms with Gasteiger partial charge in [0.05, 0.1) is 0 Å². The molecule has 0 aliphatic rings. The van der Waals surface area contributed by atoms with Crippen molar-refractivity contribution in [3.8, 4) is 11.8 Å². The molecule has 0 spiro atoms. The normalized spacial score (nSPS) is 13.8. The topological polar surface area (TPSA) is 77.8 Å². The highest BCUT2D eigenvalue weighted by Crippen LogP contribution is 2.02. The number of carboxylic acid groups (broad SMARTS) is 1. The molecule has 4 heteroatoms. The van der Waals surface area contributed by atoms with Crippen LogP contribution in [-0.2, 0) is 4.79 Å². The molecule has 19 heavy (non-hydrogen) atoms. The van der Waals surface area contributed by atoms with Crippen LogP contribution in [0.3, 0.4) is 0 Å². The quantitative estimate of drug-likeness (QED) is 0.340. The van der Waals surface area contributed by atoms with Gasteiger partial charge in [0.1, 0.15) is 12.2 Å². The Kier molecular flexibility index (Phi) is 11.0. The minimum atomic E-state index is -0.865. The number of aliphatic carboxylic acids is 1. The first-order valence-corrected chi connectivity index (χ1v) is 6.82. The molecule has 0 aromatic carbocycles. The Balaban J connectivity index is 3.75. The zero-order chi connectivity index (χ0) is 14.5. The van der Waals surface area contributed by atoms with Crippen molar-refractivity contribution in [2.24, 2.45) is 0 Å². The lowest BCUT2D eigenvalue weighted by molar-refractivity contribution is -0.137. The summed E-state index contributed by atoms with van der Waals surface area (Å²) in [5, 5.41) is 27.4. The van der Waals surface area contributed by atoms with Crippen molar-refractivity contribution in [2.45, 2.75) is 64.1 Å². The fourth-order valence-corrected chi connectivity index (χ4v) is 1.46. The Hall–Kier alpha value is -1.31. The standard InChI is InChI=1S/C15H24O4/c1-2-3-8-13(16)11-12-14(17)9-6-4-5-7-10-15(18)19/h6,9,13-14,16-17H,2-5,7-8,10H2,1H3,(H,18,19)/b9-6-/t13-,14+/m1/s1. The van der Waals surface area contributed by atoms with Gasteiger partial charge in [-0.25, -0.2) is 0 Å². The van der Waals surface area contributed by atoms with Crippen LogP contribution in [0.15, 0.2) is 12.2 Å². The van der Waals surface area contributed by atoms with Crippen LogP contribution in [0.4, 0.5) is 0 Å². The summed E-state index contributed by atoms with van der Waals surface area (Å²) in [6.07, 6.45) is 6.72. The summed E-state index contributed by atoms with van der Waals surface area (Å²) in [6.45, 7) is 2.04. The van der Waals surface area contributed by atoms with E-state index >= 15 is 0 Å². The molecule has 3 N–H and O–H groups in total. The third kappa shape index (κ3) is 12.9. The molecule has 0 aromatic rings. The molecule has 0 saturated heterocycles. The molecule has 4 nitrogen and oxygen atoms in total. The van der Waals surface area contributed by atoms with Crippen LogP contribution >= 0.6 is 0 Å². The highest BCUT2D eigenvalue weighted by Gasteiger charge is 1.98. The van der Waals surface area contributed by atoms with E-state index in [9.17, 15) is 15.0 Å². The molecule has 0 bridgehead atoms. The molecule has 0 amide bonds. The number of aliphatic hydroxyl groups is 2. The number of unbranched alkanes of at least 4 members (excludes halogenated alkanes) is 3. The van der Waals surface area contributed by atoms with E-state index in [0.29, 0.717) is 12.8 Å². The van der Waals surface area contributed by atoms with Crippen molar-refractivity contribution in [3.05, 3.63) is 12.2 Å². The number of rotatable bonds is 9.